The smallest absolute Gasteiger partial charge is 0.258 e. The molecule has 0 aliphatic heterocycles. The van der Waals surface area contributed by atoms with Gasteiger partial charge in [0.15, 0.2) is 11.5 Å². The molecule has 2 heterocycles. The van der Waals surface area contributed by atoms with Crippen LogP contribution in [0.4, 0.5) is 0 Å². The zero-order chi connectivity index (χ0) is 14.8. The first-order valence-corrected chi connectivity index (χ1v) is 6.49. The van der Waals surface area contributed by atoms with Crippen molar-refractivity contribution in [2.24, 2.45) is 0 Å². The predicted molar refractivity (Wildman–Crippen MR) is 75.7 cm³/mol. The van der Waals surface area contributed by atoms with E-state index in [9.17, 15) is 10.2 Å². The molecule has 2 aromatic heterocycles. The van der Waals surface area contributed by atoms with Gasteiger partial charge in [0.25, 0.3) is 5.89 Å². The summed E-state index contributed by atoms with van der Waals surface area (Å²) >= 11 is 0. The summed E-state index contributed by atoms with van der Waals surface area (Å²) in [4.78, 5) is 8.58. The second kappa shape index (κ2) is 5.24. The summed E-state index contributed by atoms with van der Waals surface area (Å²) in [6, 6.07) is 8.15. The Balaban J connectivity index is 2.01. The molecule has 0 fully saturated rings. The molecule has 3 rings (SSSR count). The number of hydrogen-bond acceptors (Lipinski definition) is 6. The van der Waals surface area contributed by atoms with Gasteiger partial charge in [0.2, 0.25) is 5.82 Å². The first kappa shape index (κ1) is 13.1. The molecular weight excluding hydrogens is 270 g/mol. The number of benzene rings is 1. The van der Waals surface area contributed by atoms with Crippen LogP contribution in [0.5, 0.6) is 11.5 Å². The van der Waals surface area contributed by atoms with Crippen LogP contribution in [-0.4, -0.2) is 25.3 Å². The minimum atomic E-state index is -0.237. The third-order valence-electron chi connectivity index (χ3n) is 3.13. The summed E-state index contributed by atoms with van der Waals surface area (Å²) in [6.45, 7) is 2.03. The lowest BCUT2D eigenvalue weighted by atomic mass is 10.1. The highest BCUT2D eigenvalue weighted by molar-refractivity contribution is 5.62. The molecule has 0 unspecified atom stereocenters. The van der Waals surface area contributed by atoms with Crippen LogP contribution >= 0.6 is 0 Å². The zero-order valence-electron chi connectivity index (χ0n) is 11.3. The van der Waals surface area contributed by atoms with Crippen LogP contribution in [0.15, 0.2) is 41.1 Å². The molecule has 21 heavy (non-hydrogen) atoms. The number of nitrogens with zero attached hydrogens (tertiary/aromatic N) is 3. The summed E-state index contributed by atoms with van der Waals surface area (Å²) in [7, 11) is 0. The fraction of sp³-hybridized carbons (Fsp3) is 0.133. The van der Waals surface area contributed by atoms with Gasteiger partial charge in [0.05, 0.1) is 0 Å². The second-order valence-electron chi connectivity index (χ2n) is 4.49. The van der Waals surface area contributed by atoms with Gasteiger partial charge in [-0.1, -0.05) is 18.1 Å². The molecular formula is C15H13N3O3. The monoisotopic (exact) mass is 283 g/mol. The molecule has 106 valence electrons. The van der Waals surface area contributed by atoms with Crippen LogP contribution in [0.25, 0.3) is 23.0 Å². The van der Waals surface area contributed by atoms with Gasteiger partial charge in [0, 0.05) is 11.8 Å². The van der Waals surface area contributed by atoms with Crippen LogP contribution in [0.2, 0.25) is 0 Å². The Labute approximate surface area is 120 Å². The Hall–Kier alpha value is -2.89. The van der Waals surface area contributed by atoms with E-state index in [1.807, 2.05) is 19.1 Å². The summed E-state index contributed by atoms with van der Waals surface area (Å²) < 4.78 is 5.21. The van der Waals surface area contributed by atoms with Crippen molar-refractivity contribution < 1.29 is 14.7 Å². The topological polar surface area (TPSA) is 92.3 Å². The van der Waals surface area contributed by atoms with Gasteiger partial charge >= 0.3 is 0 Å². The van der Waals surface area contributed by atoms with Crippen LogP contribution < -0.4 is 0 Å². The minimum absolute atomic E-state index is 0.198. The quantitative estimate of drug-likeness (QED) is 0.718. The zero-order valence-corrected chi connectivity index (χ0v) is 11.3. The van der Waals surface area contributed by atoms with E-state index in [0.29, 0.717) is 17.1 Å². The van der Waals surface area contributed by atoms with E-state index >= 15 is 0 Å². The predicted octanol–water partition coefficient (Wildman–Crippen LogP) is 2.77. The molecule has 3 aromatic rings. The van der Waals surface area contributed by atoms with Crippen LogP contribution in [0.3, 0.4) is 0 Å². The normalized spacial score (nSPS) is 10.7. The Morgan fingerprint density at radius 1 is 1.14 bits per heavy atom. The van der Waals surface area contributed by atoms with Crippen molar-refractivity contribution >= 4 is 0 Å². The van der Waals surface area contributed by atoms with E-state index in [-0.39, 0.29) is 17.4 Å². The largest absolute Gasteiger partial charge is 0.504 e. The molecule has 0 atom stereocenters. The van der Waals surface area contributed by atoms with Crippen LogP contribution in [-0.2, 0) is 6.42 Å². The molecule has 0 spiro atoms. The number of aromatic nitrogens is 3. The first-order chi connectivity index (χ1) is 10.2. The number of rotatable bonds is 3. The molecule has 1 aromatic carbocycles. The van der Waals surface area contributed by atoms with Gasteiger partial charge in [0.1, 0.15) is 5.69 Å². The van der Waals surface area contributed by atoms with E-state index in [1.165, 1.54) is 12.1 Å². The third kappa shape index (κ3) is 2.43. The highest BCUT2D eigenvalue weighted by Gasteiger charge is 2.15. The Kier molecular flexibility index (Phi) is 3.27. The van der Waals surface area contributed by atoms with E-state index < -0.39 is 0 Å². The highest BCUT2D eigenvalue weighted by atomic mass is 16.5. The lowest BCUT2D eigenvalue weighted by molar-refractivity contribution is 0.402. The number of hydrogen-bond donors (Lipinski definition) is 2. The Morgan fingerprint density at radius 3 is 2.76 bits per heavy atom. The number of aromatic hydroxyl groups is 2. The highest BCUT2D eigenvalue weighted by Crippen LogP contribution is 2.30. The molecule has 0 saturated carbocycles. The van der Waals surface area contributed by atoms with E-state index in [2.05, 4.69) is 15.1 Å². The van der Waals surface area contributed by atoms with Gasteiger partial charge in [-0.05, 0) is 36.2 Å². The summed E-state index contributed by atoms with van der Waals surface area (Å²) in [5.74, 6) is 0.221. The van der Waals surface area contributed by atoms with Gasteiger partial charge < -0.3 is 14.7 Å². The molecule has 0 aliphatic carbocycles. The number of pyridine rings is 1. The molecule has 2 N–H and O–H groups in total. The van der Waals surface area contributed by atoms with Crippen molar-refractivity contribution in [3.8, 4) is 34.5 Å². The molecule has 6 nitrogen and oxygen atoms in total. The maximum Gasteiger partial charge on any atom is 0.258 e. The van der Waals surface area contributed by atoms with Crippen LogP contribution in [0, 0.1) is 0 Å². The third-order valence-corrected chi connectivity index (χ3v) is 3.13. The molecule has 0 aliphatic rings. The SMILES string of the molecule is CCc1cccnc1-c1noc(-c2ccc(O)c(O)c2)n1. The van der Waals surface area contributed by atoms with E-state index in [4.69, 9.17) is 4.52 Å². The van der Waals surface area contributed by atoms with Gasteiger partial charge in [-0.2, -0.15) is 4.98 Å². The van der Waals surface area contributed by atoms with Crippen molar-refractivity contribution in [2.45, 2.75) is 13.3 Å². The number of phenols is 2. The fourth-order valence-electron chi connectivity index (χ4n) is 2.02. The van der Waals surface area contributed by atoms with Crippen molar-refractivity contribution in [2.75, 3.05) is 0 Å². The fourth-order valence-corrected chi connectivity index (χ4v) is 2.02. The standard InChI is InChI=1S/C15H13N3O3/c1-2-9-4-3-7-16-13(9)14-17-15(21-18-14)10-5-6-11(19)12(20)8-10/h3-8,19-20H,2H2,1H3. The maximum atomic E-state index is 9.52. The average Bonchev–Trinajstić information content (AvgIpc) is 2.99. The van der Waals surface area contributed by atoms with Gasteiger partial charge in [-0.25, -0.2) is 0 Å². The molecule has 0 radical (unpaired) electrons. The molecule has 0 bridgehead atoms. The van der Waals surface area contributed by atoms with Crippen molar-refractivity contribution in [1.29, 1.82) is 0 Å². The number of aryl methyl sites for hydroxylation is 1. The van der Waals surface area contributed by atoms with Crippen molar-refractivity contribution in [3.63, 3.8) is 0 Å². The lowest BCUT2D eigenvalue weighted by Gasteiger charge is -2.00. The van der Waals surface area contributed by atoms with E-state index in [0.717, 1.165) is 12.0 Å². The Bertz CT molecular complexity index is 783. The summed E-state index contributed by atoms with van der Waals surface area (Å²) in [5.41, 5.74) is 2.23. The summed E-state index contributed by atoms with van der Waals surface area (Å²) in [5, 5.41) is 22.8. The van der Waals surface area contributed by atoms with Gasteiger partial charge in [-0.15, -0.1) is 0 Å². The van der Waals surface area contributed by atoms with E-state index in [1.54, 1.807) is 12.3 Å². The van der Waals surface area contributed by atoms with Crippen molar-refractivity contribution in [1.82, 2.24) is 15.1 Å². The molecule has 6 heteroatoms. The second-order valence-corrected chi connectivity index (χ2v) is 4.49. The lowest BCUT2D eigenvalue weighted by Crippen LogP contribution is -1.92. The van der Waals surface area contributed by atoms with Crippen LogP contribution in [0.1, 0.15) is 12.5 Å². The maximum absolute atomic E-state index is 9.52. The molecule has 0 amide bonds. The summed E-state index contributed by atoms with van der Waals surface area (Å²) in [6.07, 6.45) is 2.49. The number of phenolic OH excluding ortho intramolecular Hbond substituents is 2. The molecule has 0 saturated heterocycles. The first-order valence-electron chi connectivity index (χ1n) is 6.49. The minimum Gasteiger partial charge on any atom is -0.504 e. The van der Waals surface area contributed by atoms with Crippen molar-refractivity contribution in [3.05, 3.63) is 42.1 Å². The van der Waals surface area contributed by atoms with Gasteiger partial charge in [-0.3, -0.25) is 4.98 Å². The average molecular weight is 283 g/mol. The Morgan fingerprint density at radius 2 is 2.00 bits per heavy atom.